The molecule has 1 fully saturated rings. The molecule has 0 N–H and O–H groups in total. The third kappa shape index (κ3) is 3.71. The summed E-state index contributed by atoms with van der Waals surface area (Å²) < 4.78 is 0.965. The first-order valence-corrected chi connectivity index (χ1v) is 8.74. The van der Waals surface area contributed by atoms with Gasteiger partial charge in [0.25, 0.3) is 5.91 Å². The molecule has 0 unspecified atom stereocenters. The van der Waals surface area contributed by atoms with E-state index in [4.69, 9.17) is 0 Å². The SMILES string of the molecule is CCN(CC)C(=O)N1CCN(C(=O)c2ccccc2I)CC1. The van der Waals surface area contributed by atoms with Gasteiger partial charge in [0.2, 0.25) is 0 Å². The zero-order chi connectivity index (χ0) is 16.1. The highest BCUT2D eigenvalue weighted by atomic mass is 127. The normalized spacial score (nSPS) is 14.9. The number of hydrogen-bond acceptors (Lipinski definition) is 2. The van der Waals surface area contributed by atoms with Crippen molar-refractivity contribution in [2.75, 3.05) is 39.3 Å². The lowest BCUT2D eigenvalue weighted by Gasteiger charge is -2.37. The molecule has 1 aromatic rings. The van der Waals surface area contributed by atoms with Crippen molar-refractivity contribution < 1.29 is 9.59 Å². The van der Waals surface area contributed by atoms with Crippen molar-refractivity contribution in [3.63, 3.8) is 0 Å². The molecule has 0 atom stereocenters. The summed E-state index contributed by atoms with van der Waals surface area (Å²) >= 11 is 2.19. The van der Waals surface area contributed by atoms with E-state index in [1.807, 2.05) is 52.8 Å². The van der Waals surface area contributed by atoms with Gasteiger partial charge in [-0.2, -0.15) is 0 Å². The molecule has 120 valence electrons. The molecule has 0 radical (unpaired) electrons. The summed E-state index contributed by atoms with van der Waals surface area (Å²) in [5.74, 6) is 0.0555. The Hall–Kier alpha value is -1.31. The standard InChI is InChI=1S/C16H22IN3O2/c1-3-18(4-2)16(22)20-11-9-19(10-12-20)15(21)13-7-5-6-8-14(13)17/h5-8H,3-4,9-12H2,1-2H3. The molecule has 2 rings (SSSR count). The first-order chi connectivity index (χ1) is 10.6. The van der Waals surface area contributed by atoms with Gasteiger partial charge >= 0.3 is 6.03 Å². The molecule has 0 aliphatic carbocycles. The van der Waals surface area contributed by atoms with Crippen LogP contribution in [0, 0.1) is 3.57 Å². The van der Waals surface area contributed by atoms with Crippen LogP contribution in [0.15, 0.2) is 24.3 Å². The summed E-state index contributed by atoms with van der Waals surface area (Å²) in [6.07, 6.45) is 0. The van der Waals surface area contributed by atoms with Gasteiger partial charge in [0.05, 0.1) is 5.56 Å². The minimum atomic E-state index is 0.0555. The van der Waals surface area contributed by atoms with Crippen LogP contribution in [0.1, 0.15) is 24.2 Å². The first kappa shape index (κ1) is 17.1. The highest BCUT2D eigenvalue weighted by Crippen LogP contribution is 2.16. The second-order valence-electron chi connectivity index (χ2n) is 5.21. The summed E-state index contributed by atoms with van der Waals surface area (Å²) in [4.78, 5) is 30.4. The molecule has 0 bridgehead atoms. The van der Waals surface area contributed by atoms with Crippen LogP contribution in [0.2, 0.25) is 0 Å². The van der Waals surface area contributed by atoms with Crippen molar-refractivity contribution in [1.29, 1.82) is 0 Å². The van der Waals surface area contributed by atoms with E-state index in [1.54, 1.807) is 0 Å². The van der Waals surface area contributed by atoms with E-state index >= 15 is 0 Å². The summed E-state index contributed by atoms with van der Waals surface area (Å²) in [5, 5.41) is 0. The number of urea groups is 1. The third-order valence-corrected chi connectivity index (χ3v) is 4.92. The number of nitrogens with zero attached hydrogens (tertiary/aromatic N) is 3. The van der Waals surface area contributed by atoms with Gasteiger partial charge in [0.15, 0.2) is 0 Å². The largest absolute Gasteiger partial charge is 0.335 e. The number of rotatable bonds is 3. The predicted molar refractivity (Wildman–Crippen MR) is 95.0 cm³/mol. The average Bonchev–Trinajstić information content (AvgIpc) is 2.56. The Balaban J connectivity index is 1.96. The van der Waals surface area contributed by atoms with Crippen molar-refractivity contribution in [1.82, 2.24) is 14.7 Å². The van der Waals surface area contributed by atoms with Gasteiger partial charge in [-0.15, -0.1) is 0 Å². The van der Waals surface area contributed by atoms with E-state index in [0.29, 0.717) is 26.2 Å². The van der Waals surface area contributed by atoms with E-state index in [1.165, 1.54) is 0 Å². The minimum absolute atomic E-state index is 0.0555. The van der Waals surface area contributed by atoms with Crippen molar-refractivity contribution in [3.05, 3.63) is 33.4 Å². The predicted octanol–water partition coefficient (Wildman–Crippen LogP) is 2.51. The van der Waals surface area contributed by atoms with Crippen LogP contribution >= 0.6 is 22.6 Å². The van der Waals surface area contributed by atoms with Crippen LogP contribution < -0.4 is 0 Å². The van der Waals surface area contributed by atoms with Crippen molar-refractivity contribution in [2.45, 2.75) is 13.8 Å². The van der Waals surface area contributed by atoms with Crippen LogP contribution in [0.5, 0.6) is 0 Å². The molecule has 0 spiro atoms. The summed E-state index contributed by atoms with van der Waals surface area (Å²) in [7, 11) is 0. The molecule has 22 heavy (non-hydrogen) atoms. The number of benzene rings is 1. The number of halogens is 1. The van der Waals surface area contributed by atoms with Crippen molar-refractivity contribution in [2.24, 2.45) is 0 Å². The van der Waals surface area contributed by atoms with Crippen molar-refractivity contribution >= 4 is 34.5 Å². The monoisotopic (exact) mass is 415 g/mol. The zero-order valence-corrected chi connectivity index (χ0v) is 15.2. The Bertz CT molecular complexity index is 538. The Morgan fingerprint density at radius 1 is 1.05 bits per heavy atom. The Morgan fingerprint density at radius 2 is 1.59 bits per heavy atom. The Morgan fingerprint density at radius 3 is 2.14 bits per heavy atom. The van der Waals surface area contributed by atoms with Gasteiger partial charge in [-0.1, -0.05) is 12.1 Å². The van der Waals surface area contributed by atoms with E-state index in [0.717, 1.165) is 22.2 Å². The lowest BCUT2D eigenvalue weighted by molar-refractivity contribution is 0.0640. The highest BCUT2D eigenvalue weighted by Gasteiger charge is 2.27. The molecule has 1 saturated heterocycles. The smallest absolute Gasteiger partial charge is 0.320 e. The molecule has 0 saturated carbocycles. The third-order valence-electron chi connectivity index (χ3n) is 3.98. The van der Waals surface area contributed by atoms with E-state index in [2.05, 4.69) is 22.6 Å². The number of carbonyl (C=O) groups excluding carboxylic acids is 2. The van der Waals surface area contributed by atoms with Crippen LogP contribution in [0.3, 0.4) is 0 Å². The summed E-state index contributed by atoms with van der Waals surface area (Å²) in [6.45, 7) is 7.80. The second-order valence-corrected chi connectivity index (χ2v) is 6.38. The Labute approximate surface area is 145 Å². The molecule has 0 aromatic heterocycles. The maximum atomic E-state index is 12.6. The quantitative estimate of drug-likeness (QED) is 0.713. The topological polar surface area (TPSA) is 43.9 Å². The van der Waals surface area contributed by atoms with Gasteiger partial charge in [0.1, 0.15) is 0 Å². The van der Waals surface area contributed by atoms with Crippen LogP contribution in [-0.4, -0.2) is 65.9 Å². The molecule has 1 aliphatic rings. The minimum Gasteiger partial charge on any atom is -0.335 e. The zero-order valence-electron chi connectivity index (χ0n) is 13.1. The molecule has 3 amide bonds. The van der Waals surface area contributed by atoms with E-state index in [-0.39, 0.29) is 11.9 Å². The summed E-state index contributed by atoms with van der Waals surface area (Å²) in [5.41, 5.74) is 0.742. The number of amides is 3. The lowest BCUT2D eigenvalue weighted by atomic mass is 10.2. The van der Waals surface area contributed by atoms with Crippen LogP contribution in [0.4, 0.5) is 4.79 Å². The average molecular weight is 415 g/mol. The molecule has 1 aromatic carbocycles. The fraction of sp³-hybridized carbons (Fsp3) is 0.500. The van der Waals surface area contributed by atoms with Crippen LogP contribution in [-0.2, 0) is 0 Å². The maximum Gasteiger partial charge on any atom is 0.320 e. The fourth-order valence-corrected chi connectivity index (χ4v) is 3.22. The van der Waals surface area contributed by atoms with Gasteiger partial charge in [-0.05, 0) is 48.6 Å². The van der Waals surface area contributed by atoms with Gasteiger partial charge in [0, 0.05) is 42.8 Å². The first-order valence-electron chi connectivity index (χ1n) is 7.66. The number of piperazine rings is 1. The fourth-order valence-electron chi connectivity index (χ4n) is 2.60. The second kappa shape index (κ2) is 7.80. The summed E-state index contributed by atoms with van der Waals surface area (Å²) in [6, 6.07) is 7.69. The molecular weight excluding hydrogens is 393 g/mol. The number of carbonyl (C=O) groups is 2. The molecule has 5 nitrogen and oxygen atoms in total. The van der Waals surface area contributed by atoms with Crippen LogP contribution in [0.25, 0.3) is 0 Å². The van der Waals surface area contributed by atoms with E-state index in [9.17, 15) is 9.59 Å². The molecular formula is C16H22IN3O2. The van der Waals surface area contributed by atoms with Crippen molar-refractivity contribution in [3.8, 4) is 0 Å². The Kier molecular flexibility index (Phi) is 6.05. The van der Waals surface area contributed by atoms with Gasteiger partial charge in [-0.3, -0.25) is 4.79 Å². The maximum absolute atomic E-state index is 12.6. The molecule has 1 aliphatic heterocycles. The lowest BCUT2D eigenvalue weighted by Crippen LogP contribution is -2.54. The molecule has 6 heteroatoms. The van der Waals surface area contributed by atoms with Gasteiger partial charge < -0.3 is 14.7 Å². The van der Waals surface area contributed by atoms with E-state index < -0.39 is 0 Å². The van der Waals surface area contributed by atoms with Gasteiger partial charge in [-0.25, -0.2) is 4.79 Å². The molecule has 1 heterocycles. The highest BCUT2D eigenvalue weighted by molar-refractivity contribution is 14.1. The number of hydrogen-bond donors (Lipinski definition) is 0.